The molecule has 2 saturated heterocycles. The fourth-order valence-electron chi connectivity index (χ4n) is 5.71. The summed E-state index contributed by atoms with van der Waals surface area (Å²) < 4.78 is 27.7. The number of aliphatic hydroxyl groups excluding tert-OH is 5. The Balaban J connectivity index is 1.46. The van der Waals surface area contributed by atoms with E-state index in [1.807, 2.05) is 0 Å². The molecule has 2 fully saturated rings. The molecular formula is C26H30O13. The zero-order chi connectivity index (χ0) is 28.1. The Morgan fingerprint density at radius 3 is 2.44 bits per heavy atom. The Kier molecular flexibility index (Phi) is 7.41. The molecule has 0 amide bonds. The van der Waals surface area contributed by atoms with Crippen LogP contribution in [0.25, 0.3) is 0 Å². The highest BCUT2D eigenvalue weighted by molar-refractivity contribution is 5.89. The molecular weight excluding hydrogens is 520 g/mol. The minimum Gasteiger partial charge on any atom is -0.508 e. The molecule has 39 heavy (non-hydrogen) atoms. The Bertz CT molecular complexity index is 1150. The largest absolute Gasteiger partial charge is 0.508 e. The number of aliphatic hydroxyl groups is 5. The number of phenolic OH excluding ortho intramolecular Hbond substituents is 1. The summed E-state index contributed by atoms with van der Waals surface area (Å²) in [6.07, 6.45) is -6.53. The number of hydrogen-bond donors (Lipinski definition) is 6. The van der Waals surface area contributed by atoms with E-state index in [1.165, 1.54) is 25.3 Å². The second kappa shape index (κ2) is 10.5. The number of ether oxygens (including phenoxy) is 5. The molecule has 0 unspecified atom stereocenters. The van der Waals surface area contributed by atoms with Crippen molar-refractivity contribution in [3.05, 3.63) is 53.8 Å². The van der Waals surface area contributed by atoms with Gasteiger partial charge in [0.15, 0.2) is 11.9 Å². The number of benzene rings is 1. The first-order valence-corrected chi connectivity index (χ1v) is 12.4. The number of aromatic hydroxyl groups is 1. The van der Waals surface area contributed by atoms with Gasteiger partial charge in [0.2, 0.25) is 6.29 Å². The van der Waals surface area contributed by atoms with Crippen LogP contribution in [0, 0.1) is 17.8 Å². The van der Waals surface area contributed by atoms with Crippen molar-refractivity contribution in [2.75, 3.05) is 13.7 Å². The van der Waals surface area contributed by atoms with Crippen molar-refractivity contribution in [3.8, 4) is 5.75 Å². The molecule has 3 heterocycles. The molecule has 0 bridgehead atoms. The average molecular weight is 551 g/mol. The number of phenols is 1. The van der Waals surface area contributed by atoms with E-state index in [0.717, 1.165) is 6.26 Å². The van der Waals surface area contributed by atoms with Crippen LogP contribution in [0.3, 0.4) is 0 Å². The predicted molar refractivity (Wildman–Crippen MR) is 126 cm³/mol. The third kappa shape index (κ3) is 4.59. The summed E-state index contributed by atoms with van der Waals surface area (Å²) in [5.74, 6) is -4.28. The summed E-state index contributed by atoms with van der Waals surface area (Å²) in [5, 5.41) is 61.3. The summed E-state index contributed by atoms with van der Waals surface area (Å²) in [4.78, 5) is 25.6. The van der Waals surface area contributed by atoms with Crippen molar-refractivity contribution >= 4 is 11.9 Å². The fourth-order valence-corrected chi connectivity index (χ4v) is 5.71. The third-order valence-corrected chi connectivity index (χ3v) is 7.81. The van der Waals surface area contributed by atoms with E-state index in [1.54, 1.807) is 18.2 Å². The lowest BCUT2D eigenvalue weighted by Crippen LogP contribution is -2.61. The molecule has 11 atom stereocenters. The Hall–Kier alpha value is -3.04. The van der Waals surface area contributed by atoms with Gasteiger partial charge in [-0.1, -0.05) is 18.2 Å². The summed E-state index contributed by atoms with van der Waals surface area (Å²) in [7, 11) is 1.18. The molecule has 6 N–H and O–H groups in total. The van der Waals surface area contributed by atoms with Crippen molar-refractivity contribution in [2.24, 2.45) is 17.8 Å². The number of carbonyl (C=O) groups excluding carboxylic acids is 2. The van der Waals surface area contributed by atoms with Gasteiger partial charge in [0.1, 0.15) is 36.3 Å². The molecule has 0 aromatic heterocycles. The smallest absolute Gasteiger partial charge is 0.337 e. The van der Waals surface area contributed by atoms with Crippen LogP contribution >= 0.6 is 0 Å². The Morgan fingerprint density at radius 2 is 1.77 bits per heavy atom. The highest BCUT2D eigenvalue weighted by atomic mass is 16.8. The quantitative estimate of drug-likeness (QED) is 0.172. The van der Waals surface area contributed by atoms with E-state index in [0.29, 0.717) is 5.56 Å². The summed E-state index contributed by atoms with van der Waals surface area (Å²) in [6.45, 7) is -0.685. The van der Waals surface area contributed by atoms with E-state index in [4.69, 9.17) is 23.7 Å². The normalized spacial score (nSPS) is 41.1. The number of methoxy groups -OCH3 is 1. The van der Waals surface area contributed by atoms with E-state index in [9.17, 15) is 40.2 Å². The second-order valence-electron chi connectivity index (χ2n) is 10.0. The van der Waals surface area contributed by atoms with Gasteiger partial charge in [-0.3, -0.25) is 4.79 Å². The maximum absolute atomic E-state index is 13.1. The molecule has 1 aromatic carbocycles. The van der Waals surface area contributed by atoms with Crippen molar-refractivity contribution in [2.45, 2.75) is 55.1 Å². The SMILES string of the molecule is COC(=O)C1=CO[C@H](O[C@@H]2O[C@@H](CO)[C@H](O)[C@@H](O)[C@@H]2O)[C@@H]2[C@H]1C=C[C@]21OC(=O)[C@@H](Cc2ccc(O)cc2)[C@@H]1O. The van der Waals surface area contributed by atoms with E-state index < -0.39 is 85.0 Å². The molecule has 1 aromatic rings. The number of rotatable bonds is 6. The van der Waals surface area contributed by atoms with Gasteiger partial charge in [-0.15, -0.1) is 0 Å². The van der Waals surface area contributed by atoms with Crippen LogP contribution in [0.4, 0.5) is 0 Å². The first kappa shape index (κ1) is 27.5. The number of esters is 2. The average Bonchev–Trinajstić information content (AvgIpc) is 3.43. The van der Waals surface area contributed by atoms with E-state index >= 15 is 0 Å². The van der Waals surface area contributed by atoms with Gasteiger partial charge in [0.25, 0.3) is 0 Å². The number of allylic oxidation sites excluding steroid dienone is 1. The standard InChI is InChI=1S/C26H30O13/c1-35-22(33)15-10-36-24(38-25-20(31)19(30)18(29)16(9-27)37-25)17-13(15)6-7-26(17)21(32)14(23(34)39-26)8-11-2-4-12(28)5-3-11/h2-7,10,13-14,16-21,24-25,27-32H,8-9H2,1H3/t13-,14-,16-,17-,18-,19+,20-,21-,24+,25-,26-/m0/s1. The highest BCUT2D eigenvalue weighted by Crippen LogP contribution is 2.53. The zero-order valence-electron chi connectivity index (χ0n) is 20.8. The van der Waals surface area contributed by atoms with Crippen molar-refractivity contribution < 1.29 is 63.9 Å². The van der Waals surface area contributed by atoms with Gasteiger partial charge in [-0.25, -0.2) is 4.79 Å². The van der Waals surface area contributed by atoms with Crippen molar-refractivity contribution in [3.63, 3.8) is 0 Å². The van der Waals surface area contributed by atoms with Crippen LogP contribution in [-0.4, -0.2) is 105 Å². The minimum absolute atomic E-state index is 0.0426. The lowest BCUT2D eigenvalue weighted by molar-refractivity contribution is -0.347. The number of carbonyl (C=O) groups is 2. The van der Waals surface area contributed by atoms with Gasteiger partial charge >= 0.3 is 11.9 Å². The van der Waals surface area contributed by atoms with Gasteiger partial charge in [-0.2, -0.15) is 0 Å². The van der Waals surface area contributed by atoms with Crippen LogP contribution in [0.1, 0.15) is 5.56 Å². The lowest BCUT2D eigenvalue weighted by atomic mass is 9.74. The first-order chi connectivity index (χ1) is 18.6. The maximum atomic E-state index is 13.1. The lowest BCUT2D eigenvalue weighted by Gasteiger charge is -2.45. The van der Waals surface area contributed by atoms with Gasteiger partial charge in [0, 0.05) is 5.92 Å². The summed E-state index contributed by atoms with van der Waals surface area (Å²) in [5.41, 5.74) is -0.988. The number of hydrogen-bond acceptors (Lipinski definition) is 13. The van der Waals surface area contributed by atoms with Gasteiger partial charge in [0.05, 0.1) is 37.4 Å². The monoisotopic (exact) mass is 550 g/mol. The molecule has 1 spiro atoms. The van der Waals surface area contributed by atoms with E-state index in [2.05, 4.69) is 0 Å². The predicted octanol–water partition coefficient (Wildman–Crippen LogP) is -1.76. The molecule has 5 rings (SSSR count). The second-order valence-corrected chi connectivity index (χ2v) is 10.0. The van der Waals surface area contributed by atoms with Gasteiger partial charge < -0.3 is 54.3 Å². The maximum Gasteiger partial charge on any atom is 0.337 e. The molecule has 3 aliphatic heterocycles. The molecule has 13 heteroatoms. The van der Waals surface area contributed by atoms with Crippen LogP contribution in [-0.2, 0) is 39.7 Å². The molecule has 212 valence electrons. The summed E-state index contributed by atoms with van der Waals surface area (Å²) >= 11 is 0. The third-order valence-electron chi connectivity index (χ3n) is 7.81. The summed E-state index contributed by atoms with van der Waals surface area (Å²) in [6, 6.07) is 6.13. The minimum atomic E-state index is -1.75. The zero-order valence-corrected chi connectivity index (χ0v) is 20.8. The molecule has 4 aliphatic rings. The molecule has 0 saturated carbocycles. The number of fused-ring (bicyclic) bond motifs is 2. The Morgan fingerprint density at radius 1 is 1.05 bits per heavy atom. The van der Waals surface area contributed by atoms with E-state index in [-0.39, 0.29) is 17.7 Å². The molecule has 0 radical (unpaired) electrons. The van der Waals surface area contributed by atoms with Crippen molar-refractivity contribution in [1.82, 2.24) is 0 Å². The van der Waals surface area contributed by atoms with Crippen molar-refractivity contribution in [1.29, 1.82) is 0 Å². The van der Waals surface area contributed by atoms with Crippen LogP contribution in [0.2, 0.25) is 0 Å². The van der Waals surface area contributed by atoms with Crippen LogP contribution < -0.4 is 0 Å². The van der Waals surface area contributed by atoms with Gasteiger partial charge in [-0.05, 0) is 30.2 Å². The fraction of sp³-hybridized carbons (Fsp3) is 0.538. The Labute approximate surface area is 222 Å². The van der Waals surface area contributed by atoms with Crippen LogP contribution in [0.5, 0.6) is 5.75 Å². The topological polar surface area (TPSA) is 202 Å². The first-order valence-electron chi connectivity index (χ1n) is 12.4. The molecule has 13 nitrogen and oxygen atoms in total. The van der Waals surface area contributed by atoms with Crippen LogP contribution in [0.15, 0.2) is 48.3 Å². The molecule has 1 aliphatic carbocycles. The highest BCUT2D eigenvalue weighted by Gasteiger charge is 2.66.